The summed E-state index contributed by atoms with van der Waals surface area (Å²) in [4.78, 5) is 61.9. The first-order chi connectivity index (χ1) is 18.9. The molecule has 12 nitrogen and oxygen atoms in total. The third-order valence-corrected chi connectivity index (χ3v) is 6.16. The van der Waals surface area contributed by atoms with Gasteiger partial charge in [-0.2, -0.15) is 0 Å². The predicted octanol–water partition coefficient (Wildman–Crippen LogP) is 0.565. The molecule has 3 amide bonds. The molecule has 2 aromatic carbocycles. The SMILES string of the molecule is CC(C)C(NC(=O)C(Cc1ccccc1)NC(=O)C(N)CCC(=O)O)C(=O)NC(Cc1ccc(O)cc1)C(=O)O. The number of phenols is 1. The molecule has 0 radical (unpaired) electrons. The number of carbonyl (C=O) groups is 5. The summed E-state index contributed by atoms with van der Waals surface area (Å²) in [5.41, 5.74) is 7.10. The fourth-order valence-corrected chi connectivity index (χ4v) is 3.87. The standard InChI is InChI=1S/C28H36N4O8/c1-16(2)24(27(38)31-22(28(39)40)15-18-8-10-19(33)11-9-18)32-26(37)21(14-17-6-4-3-5-7-17)30-25(36)20(29)12-13-23(34)35/h3-11,16,20-22,24,33H,12-15,29H2,1-2H3,(H,30,36)(H,31,38)(H,32,37)(H,34,35)(H,39,40). The van der Waals surface area contributed by atoms with Crippen molar-refractivity contribution in [3.8, 4) is 5.75 Å². The molecule has 0 aliphatic carbocycles. The van der Waals surface area contributed by atoms with Crippen molar-refractivity contribution in [1.82, 2.24) is 16.0 Å². The lowest BCUT2D eigenvalue weighted by Crippen LogP contribution is -2.59. The summed E-state index contributed by atoms with van der Waals surface area (Å²) in [7, 11) is 0. The van der Waals surface area contributed by atoms with Gasteiger partial charge in [-0.1, -0.05) is 56.3 Å². The number of amides is 3. The first-order valence-corrected chi connectivity index (χ1v) is 12.8. The largest absolute Gasteiger partial charge is 0.508 e. The first-order valence-electron chi connectivity index (χ1n) is 12.8. The molecular formula is C28H36N4O8. The van der Waals surface area contributed by atoms with Crippen LogP contribution in [0.15, 0.2) is 54.6 Å². The molecule has 4 atom stereocenters. The minimum atomic E-state index is -1.30. The van der Waals surface area contributed by atoms with Gasteiger partial charge in [0.25, 0.3) is 0 Å². The lowest BCUT2D eigenvalue weighted by Gasteiger charge is -2.27. The molecule has 4 unspecified atom stereocenters. The minimum Gasteiger partial charge on any atom is -0.508 e. The maximum atomic E-state index is 13.4. The van der Waals surface area contributed by atoms with E-state index in [2.05, 4.69) is 16.0 Å². The zero-order valence-corrected chi connectivity index (χ0v) is 22.4. The smallest absolute Gasteiger partial charge is 0.326 e. The molecule has 0 heterocycles. The third-order valence-electron chi connectivity index (χ3n) is 6.16. The molecule has 216 valence electrons. The molecule has 0 fully saturated rings. The van der Waals surface area contributed by atoms with E-state index in [1.54, 1.807) is 44.2 Å². The molecule has 2 aromatic rings. The van der Waals surface area contributed by atoms with E-state index in [-0.39, 0.29) is 31.4 Å². The van der Waals surface area contributed by atoms with E-state index in [0.717, 1.165) is 0 Å². The molecule has 0 saturated carbocycles. The van der Waals surface area contributed by atoms with Gasteiger partial charge in [0.05, 0.1) is 6.04 Å². The predicted molar refractivity (Wildman–Crippen MR) is 145 cm³/mol. The Kier molecular flexibility index (Phi) is 12.1. The summed E-state index contributed by atoms with van der Waals surface area (Å²) in [6.45, 7) is 3.35. The van der Waals surface area contributed by atoms with Crippen LogP contribution in [0.5, 0.6) is 5.75 Å². The van der Waals surface area contributed by atoms with Gasteiger partial charge in [-0.3, -0.25) is 19.2 Å². The molecule has 12 heteroatoms. The molecule has 0 spiro atoms. The van der Waals surface area contributed by atoms with Gasteiger partial charge in [-0.15, -0.1) is 0 Å². The maximum Gasteiger partial charge on any atom is 0.326 e. The van der Waals surface area contributed by atoms with Gasteiger partial charge >= 0.3 is 11.9 Å². The van der Waals surface area contributed by atoms with E-state index in [0.29, 0.717) is 11.1 Å². The number of carbonyl (C=O) groups excluding carboxylic acids is 3. The van der Waals surface area contributed by atoms with E-state index in [1.807, 2.05) is 0 Å². The molecule has 0 aliphatic rings. The number of hydrogen-bond donors (Lipinski definition) is 7. The van der Waals surface area contributed by atoms with Crippen LogP contribution in [0.1, 0.15) is 37.8 Å². The maximum absolute atomic E-state index is 13.4. The van der Waals surface area contributed by atoms with Gasteiger partial charge < -0.3 is 37.0 Å². The van der Waals surface area contributed by atoms with Gasteiger partial charge in [0.15, 0.2) is 0 Å². The van der Waals surface area contributed by atoms with Crippen LogP contribution in [0.2, 0.25) is 0 Å². The van der Waals surface area contributed by atoms with Crippen molar-refractivity contribution in [2.24, 2.45) is 11.7 Å². The molecule has 0 bridgehead atoms. The summed E-state index contributed by atoms with van der Waals surface area (Å²) in [5, 5.41) is 35.6. The topological polar surface area (TPSA) is 208 Å². The van der Waals surface area contributed by atoms with Crippen molar-refractivity contribution >= 4 is 29.7 Å². The van der Waals surface area contributed by atoms with Crippen molar-refractivity contribution in [2.75, 3.05) is 0 Å². The Morgan fingerprint density at radius 2 is 1.30 bits per heavy atom. The van der Waals surface area contributed by atoms with Gasteiger partial charge in [-0.05, 0) is 35.6 Å². The number of benzene rings is 2. The summed E-state index contributed by atoms with van der Waals surface area (Å²) in [5.74, 6) is -4.96. The van der Waals surface area contributed by atoms with Crippen molar-refractivity contribution in [3.05, 3.63) is 65.7 Å². The van der Waals surface area contributed by atoms with Crippen LogP contribution >= 0.6 is 0 Å². The Hall–Kier alpha value is -4.45. The number of nitrogens with one attached hydrogen (secondary N) is 3. The average molecular weight is 557 g/mol. The molecule has 40 heavy (non-hydrogen) atoms. The number of hydrogen-bond acceptors (Lipinski definition) is 7. The van der Waals surface area contributed by atoms with Crippen molar-refractivity contribution in [2.45, 2.75) is 63.7 Å². The van der Waals surface area contributed by atoms with E-state index < -0.39 is 59.7 Å². The van der Waals surface area contributed by atoms with Crippen LogP contribution in [0.25, 0.3) is 0 Å². The highest BCUT2D eigenvalue weighted by atomic mass is 16.4. The monoisotopic (exact) mass is 556 g/mol. The van der Waals surface area contributed by atoms with Gasteiger partial charge in [0.1, 0.15) is 23.9 Å². The molecule has 2 rings (SSSR count). The number of nitrogens with two attached hydrogens (primary N) is 1. The van der Waals surface area contributed by atoms with Gasteiger partial charge in [0, 0.05) is 19.3 Å². The Morgan fingerprint density at radius 1 is 0.750 bits per heavy atom. The zero-order valence-electron chi connectivity index (χ0n) is 22.4. The zero-order chi connectivity index (χ0) is 29.8. The quantitative estimate of drug-likeness (QED) is 0.163. The Morgan fingerprint density at radius 3 is 1.85 bits per heavy atom. The third kappa shape index (κ3) is 10.4. The number of aliphatic carboxylic acids is 2. The second-order valence-corrected chi connectivity index (χ2v) is 9.79. The number of phenolic OH excluding ortho intramolecular Hbond substituents is 1. The first kappa shape index (κ1) is 31.8. The van der Waals surface area contributed by atoms with Crippen LogP contribution in [0.4, 0.5) is 0 Å². The Bertz CT molecular complexity index is 1170. The number of rotatable bonds is 15. The van der Waals surface area contributed by atoms with Gasteiger partial charge in [-0.25, -0.2) is 4.79 Å². The highest BCUT2D eigenvalue weighted by molar-refractivity contribution is 5.94. The van der Waals surface area contributed by atoms with E-state index in [9.17, 15) is 34.2 Å². The summed E-state index contributed by atoms with van der Waals surface area (Å²) >= 11 is 0. The second kappa shape index (κ2) is 15.2. The van der Waals surface area contributed by atoms with Gasteiger partial charge in [0.2, 0.25) is 17.7 Å². The molecule has 8 N–H and O–H groups in total. The van der Waals surface area contributed by atoms with Crippen LogP contribution in [0.3, 0.4) is 0 Å². The number of aromatic hydroxyl groups is 1. The summed E-state index contributed by atoms with van der Waals surface area (Å²) < 4.78 is 0. The average Bonchev–Trinajstić information content (AvgIpc) is 2.90. The summed E-state index contributed by atoms with van der Waals surface area (Å²) in [6.07, 6.45) is -0.444. The van der Waals surface area contributed by atoms with Crippen molar-refractivity contribution in [1.29, 1.82) is 0 Å². The lowest BCUT2D eigenvalue weighted by atomic mass is 9.99. The Labute approximate surface area is 232 Å². The van der Waals surface area contributed by atoms with Crippen molar-refractivity contribution in [3.63, 3.8) is 0 Å². The van der Waals surface area contributed by atoms with Crippen LogP contribution < -0.4 is 21.7 Å². The highest BCUT2D eigenvalue weighted by Gasteiger charge is 2.32. The lowest BCUT2D eigenvalue weighted by molar-refractivity contribution is -0.142. The number of carboxylic acid groups (broad SMARTS) is 2. The van der Waals surface area contributed by atoms with Crippen LogP contribution in [0, 0.1) is 5.92 Å². The number of carboxylic acids is 2. The second-order valence-electron chi connectivity index (χ2n) is 9.79. The normalized spacial score (nSPS) is 13.9. The van der Waals surface area contributed by atoms with Crippen LogP contribution in [-0.2, 0) is 36.8 Å². The fourth-order valence-electron chi connectivity index (χ4n) is 3.87. The summed E-state index contributed by atoms with van der Waals surface area (Å²) in [6, 6.07) is 9.95. The minimum absolute atomic E-state index is 0.0160. The van der Waals surface area contributed by atoms with E-state index in [4.69, 9.17) is 10.8 Å². The molecule has 0 saturated heterocycles. The highest BCUT2D eigenvalue weighted by Crippen LogP contribution is 2.13. The Balaban J connectivity index is 2.18. The van der Waals surface area contributed by atoms with E-state index >= 15 is 0 Å². The molecule has 0 aromatic heterocycles. The van der Waals surface area contributed by atoms with Crippen LogP contribution in [-0.4, -0.2) is 69.1 Å². The molecular weight excluding hydrogens is 520 g/mol. The van der Waals surface area contributed by atoms with E-state index in [1.165, 1.54) is 24.3 Å². The fraction of sp³-hybridized carbons (Fsp3) is 0.393. The van der Waals surface area contributed by atoms with Crippen molar-refractivity contribution < 1.29 is 39.3 Å². The molecule has 0 aliphatic heterocycles.